The van der Waals surface area contributed by atoms with E-state index >= 15 is 0 Å². The van der Waals surface area contributed by atoms with E-state index in [0.29, 0.717) is 19.4 Å². The summed E-state index contributed by atoms with van der Waals surface area (Å²) in [7, 11) is 0. The van der Waals surface area contributed by atoms with Crippen LogP contribution in [0.3, 0.4) is 0 Å². The molecule has 2 aromatic rings. The van der Waals surface area contributed by atoms with Gasteiger partial charge in [-0.05, 0) is 36.1 Å². The molecule has 0 bridgehead atoms. The summed E-state index contributed by atoms with van der Waals surface area (Å²) >= 11 is 0. The second-order valence-corrected chi connectivity index (χ2v) is 5.52. The number of hydrogen-bond acceptors (Lipinski definition) is 3. The highest BCUT2D eigenvalue weighted by Crippen LogP contribution is 2.39. The largest absolute Gasteiger partial charge is 0.489 e. The lowest BCUT2D eigenvalue weighted by molar-refractivity contribution is 0.0209. The first-order valence-electron chi connectivity index (χ1n) is 6.90. The molecule has 3 heteroatoms. The number of nitrogens with two attached hydrogens (primary N) is 1. The summed E-state index contributed by atoms with van der Waals surface area (Å²) < 4.78 is 5.74. The SMILES string of the molecule is NC1(c2ccc(OCc3ccccc3)cc2)CC(O)C1. The third-order valence-corrected chi connectivity index (χ3v) is 3.88. The van der Waals surface area contributed by atoms with Gasteiger partial charge < -0.3 is 15.6 Å². The Hall–Kier alpha value is -1.84. The van der Waals surface area contributed by atoms with Crippen LogP contribution in [0.5, 0.6) is 5.75 Å². The van der Waals surface area contributed by atoms with E-state index < -0.39 is 0 Å². The Bertz CT molecular complexity index is 559. The van der Waals surface area contributed by atoms with Crippen molar-refractivity contribution in [3.05, 3.63) is 65.7 Å². The van der Waals surface area contributed by atoms with Gasteiger partial charge in [-0.15, -0.1) is 0 Å². The Kier molecular flexibility index (Phi) is 3.47. The van der Waals surface area contributed by atoms with Crippen LogP contribution in [0.25, 0.3) is 0 Å². The first kappa shape index (κ1) is 13.2. The van der Waals surface area contributed by atoms with E-state index in [1.54, 1.807) is 0 Å². The summed E-state index contributed by atoms with van der Waals surface area (Å²) in [5, 5.41) is 9.41. The number of rotatable bonds is 4. The van der Waals surface area contributed by atoms with Gasteiger partial charge in [0.2, 0.25) is 0 Å². The fourth-order valence-corrected chi connectivity index (χ4v) is 2.64. The van der Waals surface area contributed by atoms with E-state index in [1.807, 2.05) is 54.6 Å². The molecule has 1 saturated carbocycles. The number of aliphatic hydroxyl groups excluding tert-OH is 1. The van der Waals surface area contributed by atoms with Gasteiger partial charge in [-0.1, -0.05) is 42.5 Å². The van der Waals surface area contributed by atoms with Crippen molar-refractivity contribution in [1.82, 2.24) is 0 Å². The quantitative estimate of drug-likeness (QED) is 0.897. The summed E-state index contributed by atoms with van der Waals surface area (Å²) in [4.78, 5) is 0. The zero-order valence-corrected chi connectivity index (χ0v) is 11.3. The molecule has 20 heavy (non-hydrogen) atoms. The van der Waals surface area contributed by atoms with E-state index in [1.165, 1.54) is 0 Å². The Morgan fingerprint density at radius 3 is 2.30 bits per heavy atom. The Morgan fingerprint density at radius 1 is 1.05 bits per heavy atom. The van der Waals surface area contributed by atoms with Crippen molar-refractivity contribution in [3.8, 4) is 5.75 Å². The first-order chi connectivity index (χ1) is 9.66. The maximum atomic E-state index is 9.41. The van der Waals surface area contributed by atoms with Crippen LogP contribution in [-0.4, -0.2) is 11.2 Å². The number of aliphatic hydroxyl groups is 1. The molecule has 2 aromatic carbocycles. The number of hydrogen-bond donors (Lipinski definition) is 2. The maximum absolute atomic E-state index is 9.41. The summed E-state index contributed by atoms with van der Waals surface area (Å²) in [6, 6.07) is 17.9. The molecule has 0 aliphatic heterocycles. The fraction of sp³-hybridized carbons (Fsp3) is 0.294. The fourth-order valence-electron chi connectivity index (χ4n) is 2.64. The summed E-state index contributed by atoms with van der Waals surface area (Å²) in [5.74, 6) is 0.834. The van der Waals surface area contributed by atoms with Crippen molar-refractivity contribution in [2.75, 3.05) is 0 Å². The highest BCUT2D eigenvalue weighted by atomic mass is 16.5. The van der Waals surface area contributed by atoms with Crippen LogP contribution in [0.4, 0.5) is 0 Å². The number of ether oxygens (including phenoxy) is 1. The van der Waals surface area contributed by atoms with Crippen LogP contribution in [0.2, 0.25) is 0 Å². The van der Waals surface area contributed by atoms with Gasteiger partial charge in [0.1, 0.15) is 12.4 Å². The zero-order valence-electron chi connectivity index (χ0n) is 11.3. The minimum Gasteiger partial charge on any atom is -0.489 e. The molecule has 0 aromatic heterocycles. The van der Waals surface area contributed by atoms with Gasteiger partial charge in [-0.2, -0.15) is 0 Å². The topological polar surface area (TPSA) is 55.5 Å². The zero-order chi connectivity index (χ0) is 14.0. The molecule has 3 nitrogen and oxygen atoms in total. The molecule has 104 valence electrons. The smallest absolute Gasteiger partial charge is 0.119 e. The molecule has 1 aliphatic carbocycles. The molecular weight excluding hydrogens is 250 g/mol. The van der Waals surface area contributed by atoms with Gasteiger partial charge in [0.25, 0.3) is 0 Å². The lowest BCUT2D eigenvalue weighted by atomic mass is 9.71. The second kappa shape index (κ2) is 5.27. The normalized spacial score (nSPS) is 25.0. The molecule has 0 atom stereocenters. The average molecular weight is 269 g/mol. The van der Waals surface area contributed by atoms with Crippen LogP contribution in [0, 0.1) is 0 Å². The minimum absolute atomic E-state index is 0.256. The monoisotopic (exact) mass is 269 g/mol. The molecule has 0 amide bonds. The predicted molar refractivity (Wildman–Crippen MR) is 78.3 cm³/mol. The van der Waals surface area contributed by atoms with Crippen LogP contribution < -0.4 is 10.5 Å². The standard InChI is InChI=1S/C17H19NO2/c18-17(10-15(19)11-17)14-6-8-16(9-7-14)20-12-13-4-2-1-3-5-13/h1-9,15,19H,10-12,18H2. The van der Waals surface area contributed by atoms with Gasteiger partial charge in [-0.3, -0.25) is 0 Å². The van der Waals surface area contributed by atoms with Crippen molar-refractivity contribution in [3.63, 3.8) is 0 Å². The Morgan fingerprint density at radius 2 is 1.70 bits per heavy atom. The van der Waals surface area contributed by atoms with E-state index in [-0.39, 0.29) is 11.6 Å². The molecule has 0 saturated heterocycles. The molecule has 1 fully saturated rings. The van der Waals surface area contributed by atoms with Crippen LogP contribution in [0.15, 0.2) is 54.6 Å². The molecule has 1 aliphatic rings. The minimum atomic E-state index is -0.364. The maximum Gasteiger partial charge on any atom is 0.119 e. The van der Waals surface area contributed by atoms with E-state index in [9.17, 15) is 5.11 Å². The van der Waals surface area contributed by atoms with E-state index in [0.717, 1.165) is 16.9 Å². The van der Waals surface area contributed by atoms with Gasteiger partial charge in [0, 0.05) is 5.54 Å². The van der Waals surface area contributed by atoms with Crippen molar-refractivity contribution in [2.45, 2.75) is 31.1 Å². The van der Waals surface area contributed by atoms with Crippen molar-refractivity contribution >= 4 is 0 Å². The molecule has 0 radical (unpaired) electrons. The lowest BCUT2D eigenvalue weighted by Gasteiger charge is -2.42. The van der Waals surface area contributed by atoms with Crippen LogP contribution in [-0.2, 0) is 12.1 Å². The third-order valence-electron chi connectivity index (χ3n) is 3.88. The van der Waals surface area contributed by atoms with Crippen molar-refractivity contribution in [2.24, 2.45) is 5.73 Å². The molecule has 0 spiro atoms. The molecule has 3 N–H and O–H groups in total. The van der Waals surface area contributed by atoms with Crippen molar-refractivity contribution < 1.29 is 9.84 Å². The highest BCUT2D eigenvalue weighted by Gasteiger charge is 2.41. The molecule has 0 unspecified atom stereocenters. The second-order valence-electron chi connectivity index (χ2n) is 5.52. The molecular formula is C17H19NO2. The van der Waals surface area contributed by atoms with E-state index in [4.69, 9.17) is 10.5 Å². The number of benzene rings is 2. The van der Waals surface area contributed by atoms with Gasteiger partial charge >= 0.3 is 0 Å². The van der Waals surface area contributed by atoms with Gasteiger partial charge in [0.05, 0.1) is 6.10 Å². The van der Waals surface area contributed by atoms with Gasteiger partial charge in [0.15, 0.2) is 0 Å². The predicted octanol–water partition coefficient (Wildman–Crippen LogP) is 2.57. The average Bonchev–Trinajstić information content (AvgIpc) is 2.45. The Balaban J connectivity index is 1.62. The highest BCUT2D eigenvalue weighted by molar-refractivity contribution is 5.34. The summed E-state index contributed by atoms with van der Waals surface area (Å²) in [5.41, 5.74) is 8.08. The van der Waals surface area contributed by atoms with Crippen LogP contribution in [0.1, 0.15) is 24.0 Å². The third kappa shape index (κ3) is 2.69. The van der Waals surface area contributed by atoms with E-state index in [2.05, 4.69) is 0 Å². The summed E-state index contributed by atoms with van der Waals surface area (Å²) in [6.45, 7) is 0.562. The van der Waals surface area contributed by atoms with Crippen molar-refractivity contribution in [1.29, 1.82) is 0 Å². The Labute approximate surface area is 119 Å². The van der Waals surface area contributed by atoms with Crippen LogP contribution >= 0.6 is 0 Å². The first-order valence-corrected chi connectivity index (χ1v) is 6.90. The molecule has 0 heterocycles. The summed E-state index contributed by atoms with van der Waals surface area (Å²) in [6.07, 6.45) is 1.02. The molecule has 3 rings (SSSR count). The lowest BCUT2D eigenvalue weighted by Crippen LogP contribution is -2.51. The van der Waals surface area contributed by atoms with Gasteiger partial charge in [-0.25, -0.2) is 0 Å².